The second-order valence-electron chi connectivity index (χ2n) is 3.90. The van der Waals surface area contributed by atoms with Crippen LogP contribution in [0.1, 0.15) is 29.6 Å². The van der Waals surface area contributed by atoms with Gasteiger partial charge in [0.05, 0.1) is 26.4 Å². The standard InChI is InChI=1S/C14H18O5/c1-17-13(15)5-3-4-10-19-12-8-6-11(7-9-12)14(16)18-2/h6-9H,3-5,10H2,1-2H3. The quantitative estimate of drug-likeness (QED) is 0.559. The summed E-state index contributed by atoms with van der Waals surface area (Å²) in [6, 6.07) is 6.73. The molecule has 0 heterocycles. The maximum atomic E-state index is 11.2. The Labute approximate surface area is 112 Å². The molecule has 1 aromatic carbocycles. The molecule has 1 aromatic rings. The van der Waals surface area contributed by atoms with E-state index < -0.39 is 0 Å². The third kappa shape index (κ3) is 5.42. The van der Waals surface area contributed by atoms with Crippen molar-refractivity contribution in [2.75, 3.05) is 20.8 Å². The maximum absolute atomic E-state index is 11.2. The minimum absolute atomic E-state index is 0.206. The summed E-state index contributed by atoms with van der Waals surface area (Å²) in [5.74, 6) is 0.109. The number of benzene rings is 1. The molecule has 1 rings (SSSR count). The minimum Gasteiger partial charge on any atom is -0.494 e. The first-order chi connectivity index (χ1) is 9.17. The van der Waals surface area contributed by atoms with Gasteiger partial charge in [0.15, 0.2) is 0 Å². The minimum atomic E-state index is -0.371. The molecule has 5 heteroatoms. The first kappa shape index (κ1) is 15.0. The number of hydrogen-bond acceptors (Lipinski definition) is 5. The van der Waals surface area contributed by atoms with Gasteiger partial charge in [-0.1, -0.05) is 0 Å². The Balaban J connectivity index is 2.26. The zero-order valence-corrected chi connectivity index (χ0v) is 11.2. The lowest BCUT2D eigenvalue weighted by molar-refractivity contribution is -0.140. The average molecular weight is 266 g/mol. The summed E-state index contributed by atoms with van der Waals surface area (Å²) < 4.78 is 14.6. The largest absolute Gasteiger partial charge is 0.494 e. The van der Waals surface area contributed by atoms with Gasteiger partial charge in [-0.3, -0.25) is 4.79 Å². The van der Waals surface area contributed by atoms with Gasteiger partial charge in [-0.05, 0) is 37.1 Å². The van der Waals surface area contributed by atoms with Gasteiger partial charge in [0, 0.05) is 6.42 Å². The third-order valence-corrected chi connectivity index (χ3v) is 2.55. The third-order valence-electron chi connectivity index (χ3n) is 2.55. The smallest absolute Gasteiger partial charge is 0.337 e. The fourth-order valence-corrected chi connectivity index (χ4v) is 1.47. The van der Waals surface area contributed by atoms with Crippen LogP contribution in [0.25, 0.3) is 0 Å². The van der Waals surface area contributed by atoms with Crippen LogP contribution in [0.15, 0.2) is 24.3 Å². The van der Waals surface area contributed by atoms with Gasteiger partial charge in [-0.25, -0.2) is 4.79 Å². The van der Waals surface area contributed by atoms with E-state index in [0.29, 0.717) is 24.3 Å². The molecule has 0 spiro atoms. The Bertz CT molecular complexity index is 410. The molecule has 0 aliphatic rings. The molecular weight excluding hydrogens is 248 g/mol. The second kappa shape index (κ2) is 8.13. The second-order valence-corrected chi connectivity index (χ2v) is 3.90. The first-order valence-electron chi connectivity index (χ1n) is 6.05. The van der Waals surface area contributed by atoms with Gasteiger partial charge in [0.1, 0.15) is 5.75 Å². The van der Waals surface area contributed by atoms with Crippen molar-refractivity contribution in [2.24, 2.45) is 0 Å². The number of rotatable bonds is 7. The zero-order chi connectivity index (χ0) is 14.1. The zero-order valence-electron chi connectivity index (χ0n) is 11.2. The summed E-state index contributed by atoms with van der Waals surface area (Å²) in [6.45, 7) is 0.522. The molecule has 0 saturated heterocycles. The summed E-state index contributed by atoms with van der Waals surface area (Å²) in [5, 5.41) is 0. The monoisotopic (exact) mass is 266 g/mol. The molecule has 0 unspecified atom stereocenters. The number of unbranched alkanes of at least 4 members (excludes halogenated alkanes) is 1. The van der Waals surface area contributed by atoms with Gasteiger partial charge in [0.2, 0.25) is 0 Å². The fraction of sp³-hybridized carbons (Fsp3) is 0.429. The number of hydrogen-bond donors (Lipinski definition) is 0. The van der Waals surface area contributed by atoms with Crippen LogP contribution in [0, 0.1) is 0 Å². The summed E-state index contributed by atoms with van der Waals surface area (Å²) >= 11 is 0. The molecule has 0 atom stereocenters. The lowest BCUT2D eigenvalue weighted by atomic mass is 10.2. The van der Waals surface area contributed by atoms with Crippen LogP contribution >= 0.6 is 0 Å². The van der Waals surface area contributed by atoms with E-state index in [1.165, 1.54) is 14.2 Å². The Hall–Kier alpha value is -2.04. The van der Waals surface area contributed by atoms with Crippen LogP contribution in [-0.4, -0.2) is 32.8 Å². The molecule has 0 saturated carbocycles. The lowest BCUT2D eigenvalue weighted by Gasteiger charge is -2.06. The molecule has 0 aliphatic heterocycles. The van der Waals surface area contributed by atoms with E-state index >= 15 is 0 Å². The summed E-state index contributed by atoms with van der Waals surface area (Å²) in [6.07, 6.45) is 1.90. The van der Waals surface area contributed by atoms with Crippen LogP contribution in [0.5, 0.6) is 5.75 Å². The van der Waals surface area contributed by atoms with Crippen molar-refractivity contribution in [3.05, 3.63) is 29.8 Å². The van der Waals surface area contributed by atoms with E-state index in [4.69, 9.17) is 4.74 Å². The Morgan fingerprint density at radius 1 is 1.00 bits per heavy atom. The average Bonchev–Trinajstić information content (AvgIpc) is 2.46. The molecule has 0 N–H and O–H groups in total. The summed E-state index contributed by atoms with van der Waals surface area (Å²) in [4.78, 5) is 22.1. The van der Waals surface area contributed by atoms with Gasteiger partial charge >= 0.3 is 11.9 Å². The molecule has 5 nitrogen and oxygen atoms in total. The van der Waals surface area contributed by atoms with Crippen LogP contribution in [0.4, 0.5) is 0 Å². The van der Waals surface area contributed by atoms with Crippen molar-refractivity contribution >= 4 is 11.9 Å². The predicted molar refractivity (Wildman–Crippen MR) is 69.1 cm³/mol. The van der Waals surface area contributed by atoms with E-state index in [-0.39, 0.29) is 11.9 Å². The molecule has 19 heavy (non-hydrogen) atoms. The van der Waals surface area contributed by atoms with E-state index in [1.807, 2.05) is 0 Å². The van der Waals surface area contributed by atoms with Gasteiger partial charge in [-0.2, -0.15) is 0 Å². The topological polar surface area (TPSA) is 61.8 Å². The number of methoxy groups -OCH3 is 2. The fourth-order valence-electron chi connectivity index (χ4n) is 1.47. The number of carbonyl (C=O) groups excluding carboxylic acids is 2. The molecule has 0 amide bonds. The van der Waals surface area contributed by atoms with Crippen molar-refractivity contribution in [3.63, 3.8) is 0 Å². The summed E-state index contributed by atoms with van der Waals surface area (Å²) in [7, 11) is 2.72. The van der Waals surface area contributed by atoms with E-state index in [2.05, 4.69) is 9.47 Å². The van der Waals surface area contributed by atoms with E-state index in [0.717, 1.165) is 12.8 Å². The summed E-state index contributed by atoms with van der Waals surface area (Å²) in [5.41, 5.74) is 0.487. The Kier molecular flexibility index (Phi) is 6.43. The van der Waals surface area contributed by atoms with Gasteiger partial charge < -0.3 is 14.2 Å². The Morgan fingerprint density at radius 3 is 2.26 bits per heavy atom. The molecule has 0 aromatic heterocycles. The highest BCUT2D eigenvalue weighted by Gasteiger charge is 2.04. The van der Waals surface area contributed by atoms with Crippen LogP contribution in [0.2, 0.25) is 0 Å². The SMILES string of the molecule is COC(=O)CCCCOc1ccc(C(=O)OC)cc1. The number of esters is 2. The van der Waals surface area contributed by atoms with E-state index in [1.54, 1.807) is 24.3 Å². The van der Waals surface area contributed by atoms with Crippen LogP contribution in [-0.2, 0) is 14.3 Å². The van der Waals surface area contributed by atoms with Crippen LogP contribution < -0.4 is 4.74 Å². The molecule has 104 valence electrons. The van der Waals surface area contributed by atoms with Crippen molar-refractivity contribution in [2.45, 2.75) is 19.3 Å². The normalized spacial score (nSPS) is 9.79. The van der Waals surface area contributed by atoms with Gasteiger partial charge in [0.25, 0.3) is 0 Å². The number of carbonyl (C=O) groups is 2. The van der Waals surface area contributed by atoms with E-state index in [9.17, 15) is 9.59 Å². The highest BCUT2D eigenvalue weighted by atomic mass is 16.5. The predicted octanol–water partition coefficient (Wildman–Crippen LogP) is 2.20. The molecular formula is C14H18O5. The molecule has 0 radical (unpaired) electrons. The molecule has 0 bridgehead atoms. The highest BCUT2D eigenvalue weighted by molar-refractivity contribution is 5.89. The highest BCUT2D eigenvalue weighted by Crippen LogP contribution is 2.13. The molecule has 0 fully saturated rings. The number of ether oxygens (including phenoxy) is 3. The first-order valence-corrected chi connectivity index (χ1v) is 6.05. The van der Waals surface area contributed by atoms with Crippen LogP contribution in [0.3, 0.4) is 0 Å². The van der Waals surface area contributed by atoms with Crippen molar-refractivity contribution in [1.29, 1.82) is 0 Å². The maximum Gasteiger partial charge on any atom is 0.337 e. The van der Waals surface area contributed by atoms with Gasteiger partial charge in [-0.15, -0.1) is 0 Å². The van der Waals surface area contributed by atoms with Crippen molar-refractivity contribution in [1.82, 2.24) is 0 Å². The van der Waals surface area contributed by atoms with Crippen molar-refractivity contribution in [3.8, 4) is 5.75 Å². The Morgan fingerprint density at radius 2 is 1.68 bits per heavy atom. The lowest BCUT2D eigenvalue weighted by Crippen LogP contribution is -2.03. The van der Waals surface area contributed by atoms with Crippen molar-refractivity contribution < 1.29 is 23.8 Å². The molecule has 0 aliphatic carbocycles.